The van der Waals surface area contributed by atoms with Crippen LogP contribution in [0.2, 0.25) is 0 Å². The van der Waals surface area contributed by atoms with E-state index in [1.807, 2.05) is 6.07 Å². The van der Waals surface area contributed by atoms with Crippen LogP contribution in [-0.4, -0.2) is 36.0 Å². The molecule has 0 bridgehead atoms. The molecule has 2 aromatic carbocycles. The SMILES string of the molecule is N#Cc1ccc(OCC(O)COc2cccc3oc(C#N)cc(=O)c23)cc1.O=CO. The van der Waals surface area contributed by atoms with Crippen molar-refractivity contribution >= 4 is 17.4 Å². The Morgan fingerprint density at radius 2 is 1.73 bits per heavy atom. The van der Waals surface area contributed by atoms with Gasteiger partial charge in [-0.3, -0.25) is 9.59 Å². The molecule has 0 spiro atoms. The van der Waals surface area contributed by atoms with Crippen LogP contribution in [0.3, 0.4) is 0 Å². The van der Waals surface area contributed by atoms with Crippen molar-refractivity contribution in [1.82, 2.24) is 0 Å². The number of aliphatic hydroxyl groups excluding tert-OH is 1. The van der Waals surface area contributed by atoms with Crippen LogP contribution in [-0.2, 0) is 4.79 Å². The van der Waals surface area contributed by atoms with Crippen LogP contribution in [0.1, 0.15) is 11.3 Å². The molecule has 30 heavy (non-hydrogen) atoms. The van der Waals surface area contributed by atoms with Gasteiger partial charge in [0.1, 0.15) is 47.9 Å². The highest BCUT2D eigenvalue weighted by Gasteiger charge is 2.13. The molecule has 0 saturated heterocycles. The van der Waals surface area contributed by atoms with E-state index in [1.165, 1.54) is 0 Å². The summed E-state index contributed by atoms with van der Waals surface area (Å²) in [5.74, 6) is 0.687. The van der Waals surface area contributed by atoms with Crippen LogP contribution < -0.4 is 14.9 Å². The monoisotopic (exact) mass is 408 g/mol. The molecule has 1 atom stereocenters. The second-order valence-corrected chi connectivity index (χ2v) is 5.73. The molecule has 0 aliphatic rings. The maximum atomic E-state index is 12.2. The molecule has 0 amide bonds. The first-order valence-corrected chi connectivity index (χ1v) is 8.51. The fraction of sp³-hybridized carbons (Fsp3) is 0.143. The third-order valence-corrected chi connectivity index (χ3v) is 3.68. The number of rotatable bonds is 6. The lowest BCUT2D eigenvalue weighted by Gasteiger charge is -2.14. The zero-order valence-electron chi connectivity index (χ0n) is 15.5. The van der Waals surface area contributed by atoms with Gasteiger partial charge in [-0.05, 0) is 36.4 Å². The summed E-state index contributed by atoms with van der Waals surface area (Å²) in [4.78, 5) is 20.5. The van der Waals surface area contributed by atoms with Crippen LogP contribution in [0.25, 0.3) is 11.0 Å². The van der Waals surface area contributed by atoms with Crippen molar-refractivity contribution in [3.05, 3.63) is 70.1 Å². The predicted molar refractivity (Wildman–Crippen MR) is 104 cm³/mol. The number of aliphatic hydroxyl groups is 1. The lowest BCUT2D eigenvalue weighted by atomic mass is 10.2. The Hall–Kier alpha value is -4.34. The van der Waals surface area contributed by atoms with Crippen molar-refractivity contribution in [3.63, 3.8) is 0 Å². The lowest BCUT2D eigenvalue weighted by molar-refractivity contribution is -0.122. The summed E-state index contributed by atoms with van der Waals surface area (Å²) in [5, 5.41) is 34.8. The quantitative estimate of drug-likeness (QED) is 0.583. The van der Waals surface area contributed by atoms with E-state index in [1.54, 1.807) is 48.5 Å². The van der Waals surface area contributed by atoms with Crippen molar-refractivity contribution in [1.29, 1.82) is 10.5 Å². The second-order valence-electron chi connectivity index (χ2n) is 5.73. The average Bonchev–Trinajstić information content (AvgIpc) is 2.76. The van der Waals surface area contributed by atoms with E-state index in [-0.39, 0.29) is 42.2 Å². The Morgan fingerprint density at radius 1 is 1.07 bits per heavy atom. The van der Waals surface area contributed by atoms with Gasteiger partial charge in [0.25, 0.3) is 6.47 Å². The number of hydrogen-bond acceptors (Lipinski definition) is 8. The number of ether oxygens (including phenoxy) is 2. The lowest BCUT2D eigenvalue weighted by Crippen LogP contribution is -2.25. The van der Waals surface area contributed by atoms with Gasteiger partial charge in [-0.15, -0.1) is 0 Å². The van der Waals surface area contributed by atoms with Crippen LogP contribution in [0, 0.1) is 22.7 Å². The molecule has 1 aromatic heterocycles. The third-order valence-electron chi connectivity index (χ3n) is 3.68. The summed E-state index contributed by atoms with van der Waals surface area (Å²) in [6.45, 7) is -0.376. The molecule has 9 heteroatoms. The molecule has 3 aromatic rings. The molecule has 0 saturated carbocycles. The third kappa shape index (κ3) is 5.83. The van der Waals surface area contributed by atoms with Crippen molar-refractivity contribution in [2.24, 2.45) is 0 Å². The maximum absolute atomic E-state index is 12.2. The van der Waals surface area contributed by atoms with E-state index in [9.17, 15) is 9.90 Å². The number of fused-ring (bicyclic) bond motifs is 1. The topological polar surface area (TPSA) is 154 Å². The molecule has 0 radical (unpaired) electrons. The van der Waals surface area contributed by atoms with Gasteiger partial charge in [0.05, 0.1) is 11.6 Å². The molecule has 152 valence electrons. The Bertz CT molecular complexity index is 1140. The van der Waals surface area contributed by atoms with E-state index in [4.69, 9.17) is 34.3 Å². The van der Waals surface area contributed by atoms with E-state index >= 15 is 0 Å². The van der Waals surface area contributed by atoms with Crippen molar-refractivity contribution in [2.45, 2.75) is 6.10 Å². The highest BCUT2D eigenvalue weighted by Crippen LogP contribution is 2.23. The first-order valence-electron chi connectivity index (χ1n) is 8.51. The summed E-state index contributed by atoms with van der Waals surface area (Å²) in [5.41, 5.74) is 0.354. The standard InChI is InChI=1S/C20H14N2O5.CH2O2/c21-9-13-4-6-15(7-5-13)25-11-14(23)12-26-18-2-1-3-19-20(18)17(24)8-16(10-22)27-19;2-1-3/h1-8,14,23H,11-12H2;1H,(H,2,3). The average molecular weight is 408 g/mol. The first kappa shape index (κ1) is 22.0. The van der Waals surface area contributed by atoms with Gasteiger partial charge in [-0.2, -0.15) is 10.5 Å². The highest BCUT2D eigenvalue weighted by atomic mass is 16.5. The molecular formula is C21H16N2O7. The number of carboxylic acid groups (broad SMARTS) is 1. The van der Waals surface area contributed by atoms with Gasteiger partial charge < -0.3 is 24.1 Å². The summed E-state index contributed by atoms with van der Waals surface area (Å²) in [7, 11) is 0. The molecule has 0 aliphatic heterocycles. The number of hydrogen-bond donors (Lipinski definition) is 2. The van der Waals surface area contributed by atoms with E-state index < -0.39 is 11.5 Å². The minimum atomic E-state index is -0.943. The van der Waals surface area contributed by atoms with E-state index in [0.29, 0.717) is 11.3 Å². The number of nitrogens with zero attached hydrogens (tertiary/aromatic N) is 2. The zero-order chi connectivity index (χ0) is 21.9. The van der Waals surface area contributed by atoms with E-state index in [2.05, 4.69) is 0 Å². The summed E-state index contributed by atoms with van der Waals surface area (Å²) >= 11 is 0. The smallest absolute Gasteiger partial charge is 0.290 e. The molecule has 0 fully saturated rings. The Morgan fingerprint density at radius 3 is 2.37 bits per heavy atom. The first-order chi connectivity index (χ1) is 14.5. The molecule has 0 aliphatic carbocycles. The maximum Gasteiger partial charge on any atom is 0.290 e. The van der Waals surface area contributed by atoms with Crippen LogP contribution >= 0.6 is 0 Å². The number of carbonyl (C=O) groups is 1. The molecule has 1 heterocycles. The minimum Gasteiger partial charge on any atom is -0.491 e. The second kappa shape index (κ2) is 10.9. The van der Waals surface area contributed by atoms with Gasteiger partial charge >= 0.3 is 0 Å². The van der Waals surface area contributed by atoms with Gasteiger partial charge in [-0.25, -0.2) is 0 Å². The molecule has 1 unspecified atom stereocenters. The van der Waals surface area contributed by atoms with Gasteiger partial charge in [0, 0.05) is 6.07 Å². The largest absolute Gasteiger partial charge is 0.491 e. The molecule has 2 N–H and O–H groups in total. The van der Waals surface area contributed by atoms with Crippen molar-refractivity contribution in [3.8, 4) is 23.6 Å². The number of benzene rings is 2. The Labute approximate surface area is 170 Å². The fourth-order valence-electron chi connectivity index (χ4n) is 2.41. The van der Waals surface area contributed by atoms with Crippen molar-refractivity contribution < 1.29 is 28.9 Å². The molecule has 9 nitrogen and oxygen atoms in total. The normalized spacial score (nSPS) is 10.6. The predicted octanol–water partition coefficient (Wildman–Crippen LogP) is 2.06. The van der Waals surface area contributed by atoms with E-state index in [0.717, 1.165) is 6.07 Å². The molecular weight excluding hydrogens is 392 g/mol. The number of nitriles is 2. The summed E-state index contributed by atoms with van der Waals surface area (Å²) in [6.07, 6.45) is -0.943. The minimum absolute atomic E-state index is 0.0240. The summed E-state index contributed by atoms with van der Waals surface area (Å²) < 4.78 is 16.3. The van der Waals surface area contributed by atoms with Crippen molar-refractivity contribution in [2.75, 3.05) is 13.2 Å². The van der Waals surface area contributed by atoms with Gasteiger partial charge in [-0.1, -0.05) is 6.07 Å². The summed E-state index contributed by atoms with van der Waals surface area (Å²) in [6, 6.07) is 16.2. The Balaban J connectivity index is 0.00000101. The van der Waals surface area contributed by atoms with Crippen LogP contribution in [0.4, 0.5) is 0 Å². The van der Waals surface area contributed by atoms with Gasteiger partial charge in [0.15, 0.2) is 5.43 Å². The van der Waals surface area contributed by atoms with Gasteiger partial charge in [0.2, 0.25) is 5.76 Å². The zero-order valence-corrected chi connectivity index (χ0v) is 15.5. The van der Waals surface area contributed by atoms with Crippen LogP contribution in [0.5, 0.6) is 11.5 Å². The highest BCUT2D eigenvalue weighted by molar-refractivity contribution is 5.83. The van der Waals surface area contributed by atoms with Crippen LogP contribution in [0.15, 0.2) is 57.7 Å². The Kier molecular flexibility index (Phi) is 7.94. The molecule has 3 rings (SSSR count). The fourth-order valence-corrected chi connectivity index (χ4v) is 2.41.